The summed E-state index contributed by atoms with van der Waals surface area (Å²) in [7, 11) is 2.18. The first kappa shape index (κ1) is 13.7. The minimum absolute atomic E-state index is 0.514. The second kappa shape index (κ2) is 5.94. The topological polar surface area (TPSA) is 56.3 Å². The molecule has 0 spiro atoms. The fraction of sp³-hybridized carbons (Fsp3) is 0.533. The fourth-order valence-corrected chi connectivity index (χ4v) is 2.76. The average Bonchev–Trinajstić information content (AvgIpc) is 2.60. The van der Waals surface area contributed by atoms with Gasteiger partial charge in [0, 0.05) is 24.8 Å². The van der Waals surface area contributed by atoms with Gasteiger partial charge in [0.2, 0.25) is 0 Å². The van der Waals surface area contributed by atoms with Gasteiger partial charge in [-0.3, -0.25) is 0 Å². The zero-order chi connectivity index (χ0) is 13.8. The van der Waals surface area contributed by atoms with Crippen LogP contribution in [0.5, 0.6) is 0 Å². The molecule has 1 aliphatic rings. The summed E-state index contributed by atoms with van der Waals surface area (Å²) >= 11 is 0. The molecule has 1 saturated heterocycles. The van der Waals surface area contributed by atoms with Gasteiger partial charge < -0.3 is 15.5 Å². The van der Waals surface area contributed by atoms with Gasteiger partial charge in [-0.25, -0.2) is 0 Å². The van der Waals surface area contributed by atoms with Crippen LogP contribution in [-0.4, -0.2) is 37.6 Å². The summed E-state index contributed by atoms with van der Waals surface area (Å²) in [5.41, 5.74) is 8.21. The Morgan fingerprint density at radius 1 is 1.42 bits per heavy atom. The number of rotatable bonds is 2. The standard InChI is InChI=1S/C15H22N4/c1-3-13-11-18(2)7-4-8-19(13)14-6-5-12(10-16)15(17)9-14/h5-6,9,13H,3-4,7-8,11,17H2,1-2H3. The number of nitrogens with two attached hydrogens (primary N) is 1. The van der Waals surface area contributed by atoms with Crippen LogP contribution in [-0.2, 0) is 0 Å². The monoisotopic (exact) mass is 258 g/mol. The normalized spacial score (nSPS) is 20.9. The molecule has 2 rings (SSSR count). The molecule has 1 aromatic carbocycles. The summed E-state index contributed by atoms with van der Waals surface area (Å²) in [6, 6.07) is 8.41. The highest BCUT2D eigenvalue weighted by Gasteiger charge is 2.22. The number of likely N-dealkylation sites (N-methyl/N-ethyl adjacent to an activating group) is 1. The Kier molecular flexibility index (Phi) is 4.28. The lowest BCUT2D eigenvalue weighted by Crippen LogP contribution is -2.39. The molecule has 0 aromatic heterocycles. The number of nitriles is 1. The SMILES string of the molecule is CCC1CN(C)CCCN1c1ccc(C#N)c(N)c1. The minimum atomic E-state index is 0.514. The molecule has 0 radical (unpaired) electrons. The largest absolute Gasteiger partial charge is 0.398 e. The predicted molar refractivity (Wildman–Crippen MR) is 79.1 cm³/mol. The molecule has 1 atom stereocenters. The smallest absolute Gasteiger partial charge is 0.101 e. The summed E-state index contributed by atoms with van der Waals surface area (Å²) in [6.07, 6.45) is 2.27. The molecule has 0 amide bonds. The molecule has 1 unspecified atom stereocenters. The summed E-state index contributed by atoms with van der Waals surface area (Å²) in [5, 5.41) is 8.95. The number of hydrogen-bond donors (Lipinski definition) is 1. The summed E-state index contributed by atoms with van der Waals surface area (Å²) in [5.74, 6) is 0. The lowest BCUT2D eigenvalue weighted by Gasteiger charge is -2.32. The van der Waals surface area contributed by atoms with Gasteiger partial charge in [0.25, 0.3) is 0 Å². The lowest BCUT2D eigenvalue weighted by molar-refractivity contribution is 0.328. The lowest BCUT2D eigenvalue weighted by atomic mass is 10.1. The highest BCUT2D eigenvalue weighted by atomic mass is 15.2. The number of nitrogens with zero attached hydrogens (tertiary/aromatic N) is 3. The van der Waals surface area contributed by atoms with Crippen LogP contribution in [0, 0.1) is 11.3 Å². The molecule has 1 fully saturated rings. The van der Waals surface area contributed by atoms with Crippen LogP contribution in [0.25, 0.3) is 0 Å². The summed E-state index contributed by atoms with van der Waals surface area (Å²) < 4.78 is 0. The Hall–Kier alpha value is -1.73. The molecule has 1 heterocycles. The molecule has 102 valence electrons. The van der Waals surface area contributed by atoms with E-state index in [4.69, 9.17) is 11.0 Å². The maximum atomic E-state index is 8.95. The quantitative estimate of drug-likeness (QED) is 0.825. The third-order valence-electron chi connectivity index (χ3n) is 3.86. The van der Waals surface area contributed by atoms with Crippen molar-refractivity contribution in [3.63, 3.8) is 0 Å². The number of nitrogen functional groups attached to an aromatic ring is 1. The van der Waals surface area contributed by atoms with Crippen molar-refractivity contribution in [2.45, 2.75) is 25.8 Å². The van der Waals surface area contributed by atoms with E-state index in [0.29, 0.717) is 17.3 Å². The molecule has 0 aliphatic carbocycles. The van der Waals surface area contributed by atoms with Crippen molar-refractivity contribution in [1.29, 1.82) is 5.26 Å². The molecule has 1 aromatic rings. The van der Waals surface area contributed by atoms with Gasteiger partial charge in [0.05, 0.1) is 11.3 Å². The Bertz CT molecular complexity index is 478. The van der Waals surface area contributed by atoms with Gasteiger partial charge >= 0.3 is 0 Å². The van der Waals surface area contributed by atoms with Crippen LogP contribution in [0.4, 0.5) is 11.4 Å². The molecule has 2 N–H and O–H groups in total. The van der Waals surface area contributed by atoms with E-state index in [2.05, 4.69) is 29.8 Å². The van der Waals surface area contributed by atoms with Crippen LogP contribution < -0.4 is 10.6 Å². The Balaban J connectivity index is 2.28. The molecule has 0 bridgehead atoms. The van der Waals surface area contributed by atoms with Crippen molar-refractivity contribution in [3.05, 3.63) is 23.8 Å². The first-order valence-corrected chi connectivity index (χ1v) is 6.90. The molecule has 4 nitrogen and oxygen atoms in total. The van der Waals surface area contributed by atoms with E-state index in [-0.39, 0.29) is 0 Å². The van der Waals surface area contributed by atoms with E-state index >= 15 is 0 Å². The highest BCUT2D eigenvalue weighted by Crippen LogP contribution is 2.25. The van der Waals surface area contributed by atoms with Crippen molar-refractivity contribution < 1.29 is 0 Å². The van der Waals surface area contributed by atoms with Crippen LogP contribution in [0.1, 0.15) is 25.3 Å². The highest BCUT2D eigenvalue weighted by molar-refractivity contribution is 5.64. The van der Waals surface area contributed by atoms with E-state index in [0.717, 1.165) is 38.2 Å². The van der Waals surface area contributed by atoms with Crippen molar-refractivity contribution in [3.8, 4) is 6.07 Å². The minimum Gasteiger partial charge on any atom is -0.398 e. The van der Waals surface area contributed by atoms with Crippen LogP contribution in [0.15, 0.2) is 18.2 Å². The maximum Gasteiger partial charge on any atom is 0.101 e. The van der Waals surface area contributed by atoms with Gasteiger partial charge in [-0.2, -0.15) is 5.26 Å². The number of benzene rings is 1. The first-order chi connectivity index (χ1) is 9.15. The van der Waals surface area contributed by atoms with E-state index in [1.165, 1.54) is 0 Å². The molecule has 4 heteroatoms. The van der Waals surface area contributed by atoms with E-state index < -0.39 is 0 Å². The van der Waals surface area contributed by atoms with Crippen molar-refractivity contribution in [2.24, 2.45) is 0 Å². The van der Waals surface area contributed by atoms with Gasteiger partial charge in [0.15, 0.2) is 0 Å². The third-order valence-corrected chi connectivity index (χ3v) is 3.86. The molecular formula is C15H22N4. The van der Waals surface area contributed by atoms with Crippen molar-refractivity contribution >= 4 is 11.4 Å². The van der Waals surface area contributed by atoms with Gasteiger partial charge in [0.1, 0.15) is 6.07 Å². The summed E-state index contributed by atoms with van der Waals surface area (Å²) in [4.78, 5) is 4.82. The molecular weight excluding hydrogens is 236 g/mol. The Morgan fingerprint density at radius 3 is 2.84 bits per heavy atom. The van der Waals surface area contributed by atoms with Gasteiger partial charge in [-0.1, -0.05) is 6.92 Å². The zero-order valence-corrected chi connectivity index (χ0v) is 11.8. The second-order valence-corrected chi connectivity index (χ2v) is 5.25. The Labute approximate surface area is 115 Å². The van der Waals surface area contributed by atoms with E-state index in [1.54, 1.807) is 0 Å². The second-order valence-electron chi connectivity index (χ2n) is 5.25. The predicted octanol–water partition coefficient (Wildman–Crippen LogP) is 2.06. The number of anilines is 2. The van der Waals surface area contributed by atoms with Crippen LogP contribution in [0.3, 0.4) is 0 Å². The van der Waals surface area contributed by atoms with Gasteiger partial charge in [-0.05, 0) is 44.6 Å². The Morgan fingerprint density at radius 2 is 2.21 bits per heavy atom. The average molecular weight is 258 g/mol. The van der Waals surface area contributed by atoms with Gasteiger partial charge in [-0.15, -0.1) is 0 Å². The molecule has 1 aliphatic heterocycles. The van der Waals surface area contributed by atoms with Crippen molar-refractivity contribution in [1.82, 2.24) is 4.90 Å². The summed E-state index contributed by atoms with van der Waals surface area (Å²) in [6.45, 7) is 5.49. The first-order valence-electron chi connectivity index (χ1n) is 6.90. The van der Waals surface area contributed by atoms with Crippen LogP contribution >= 0.6 is 0 Å². The fourth-order valence-electron chi connectivity index (χ4n) is 2.76. The molecule has 0 saturated carbocycles. The molecule has 19 heavy (non-hydrogen) atoms. The third kappa shape index (κ3) is 2.99. The number of hydrogen-bond acceptors (Lipinski definition) is 4. The van der Waals surface area contributed by atoms with Crippen molar-refractivity contribution in [2.75, 3.05) is 37.3 Å². The van der Waals surface area contributed by atoms with Crippen LogP contribution in [0.2, 0.25) is 0 Å². The zero-order valence-electron chi connectivity index (χ0n) is 11.8. The van der Waals surface area contributed by atoms with E-state index in [9.17, 15) is 0 Å². The van der Waals surface area contributed by atoms with E-state index in [1.807, 2.05) is 18.2 Å². The maximum absolute atomic E-state index is 8.95.